The van der Waals surface area contributed by atoms with E-state index >= 15 is 0 Å². The van der Waals surface area contributed by atoms with Crippen LogP contribution in [0.2, 0.25) is 0 Å². The molecule has 0 spiro atoms. The van der Waals surface area contributed by atoms with Crippen molar-refractivity contribution in [2.24, 2.45) is 0 Å². The first-order valence-corrected chi connectivity index (χ1v) is 15.9. The van der Waals surface area contributed by atoms with Crippen LogP contribution in [-0.4, -0.2) is 62.0 Å². The fraction of sp³-hybridized carbons (Fsp3) is 1.00. The molecule has 1 N–H and O–H groups in total. The zero-order chi connectivity index (χ0) is 22.1. The number of alkyl halides is 2. The van der Waals surface area contributed by atoms with Crippen LogP contribution in [-0.2, 0) is 105 Å². The third-order valence-corrected chi connectivity index (χ3v) is 5.87. The molecule has 1 radical (unpaired) electrons. The minimum atomic E-state index is -3.99. The molecule has 1 rings (SSSR count). The molecule has 29 heavy (non-hydrogen) atoms. The first-order valence-electron chi connectivity index (χ1n) is 6.24. The van der Waals surface area contributed by atoms with E-state index in [1.807, 2.05) is 0 Å². The molecule has 0 unspecified atom stereocenters. The molecule has 0 aromatic carbocycles. The Balaban J connectivity index is -0.000000103. The van der Waals surface area contributed by atoms with E-state index in [0.717, 1.165) is 0 Å². The Morgan fingerprint density at radius 2 is 1.34 bits per heavy atom. The van der Waals surface area contributed by atoms with Gasteiger partial charge in [-0.1, -0.05) is 75.5 Å². The maximum absolute atomic E-state index is 10.7. The average Bonchev–Trinajstić information content (AvgIpc) is 2.47. The van der Waals surface area contributed by atoms with E-state index in [1.54, 1.807) is 21.0 Å². The second kappa shape index (κ2) is 23.6. The number of rotatable bonds is 4. The monoisotopic (exact) mass is 917 g/mol. The van der Waals surface area contributed by atoms with E-state index in [-0.39, 0.29) is 59.9 Å². The summed E-state index contributed by atoms with van der Waals surface area (Å²) in [5.74, 6) is -1.30. The van der Waals surface area contributed by atoms with Gasteiger partial charge in [-0.3, -0.25) is 4.55 Å². The first kappa shape index (κ1) is 41.7. The summed E-state index contributed by atoms with van der Waals surface area (Å²) in [6.07, 6.45) is -0.0559. The summed E-state index contributed by atoms with van der Waals surface area (Å²) in [5.41, 5.74) is 0. The zero-order valence-corrected chi connectivity index (χ0v) is 24.1. The van der Waals surface area contributed by atoms with Crippen molar-refractivity contribution in [3.63, 3.8) is 0 Å². The van der Waals surface area contributed by atoms with E-state index in [4.69, 9.17) is 7.80 Å². The fourth-order valence-corrected chi connectivity index (χ4v) is 3.99. The molecular weight excluding hydrogens is 898 g/mol. The van der Waals surface area contributed by atoms with Crippen LogP contribution in [0.15, 0.2) is 0 Å². The van der Waals surface area contributed by atoms with E-state index in [0.29, 0.717) is 0 Å². The van der Waals surface area contributed by atoms with E-state index in [1.165, 1.54) is 2.43 Å². The molecule has 190 valence electrons. The summed E-state index contributed by atoms with van der Waals surface area (Å²) < 4.78 is 108. The third kappa shape index (κ3) is 38.0. The number of hydrogen-bond acceptors (Lipinski definition) is 12. The molecule has 0 aromatic rings. The molecular formula is C9H21Ag2I2O12S4-. The Labute approximate surface area is 229 Å². The third-order valence-electron chi connectivity index (χ3n) is 1.96. The SMILES string of the molecule is C.ICI.O=S1(=O)CCCS(=O)(=O)OCO1.O=[S-](=O)CCCS(=O)(=O)O.[Ag].[O]=[Ag]. The topological polar surface area (TPSA) is 192 Å². The minimum absolute atomic E-state index is 0. The molecule has 1 fully saturated rings. The Hall–Kier alpha value is 2.42. The molecule has 1 aliphatic rings. The van der Waals surface area contributed by atoms with Crippen molar-refractivity contribution in [3.8, 4) is 0 Å². The second-order valence-corrected chi connectivity index (χ2v) is 14.5. The molecule has 0 aromatic heterocycles. The van der Waals surface area contributed by atoms with Crippen LogP contribution in [0.4, 0.5) is 0 Å². The Morgan fingerprint density at radius 3 is 1.62 bits per heavy atom. The summed E-state index contributed by atoms with van der Waals surface area (Å²) in [6, 6.07) is 0. The molecule has 12 nitrogen and oxygen atoms in total. The predicted octanol–water partition coefficient (Wildman–Crippen LogP) is 0.940. The molecule has 1 heterocycles. The van der Waals surface area contributed by atoms with Gasteiger partial charge in [0.2, 0.25) is 0 Å². The molecule has 1 saturated heterocycles. The summed E-state index contributed by atoms with van der Waals surface area (Å²) >= 11 is 6.25. The molecule has 0 saturated carbocycles. The van der Waals surface area contributed by atoms with E-state index < -0.39 is 53.6 Å². The van der Waals surface area contributed by atoms with Gasteiger partial charge in [0, 0.05) is 22.4 Å². The quantitative estimate of drug-likeness (QED) is 0.105. The van der Waals surface area contributed by atoms with Crippen molar-refractivity contribution < 1.29 is 93.3 Å². The Kier molecular flexibility index (Phi) is 33.9. The summed E-state index contributed by atoms with van der Waals surface area (Å²) in [5, 5.41) is 0. The van der Waals surface area contributed by atoms with Crippen molar-refractivity contribution in [3.05, 3.63) is 0 Å². The van der Waals surface area contributed by atoms with Gasteiger partial charge in [0.15, 0.2) is 6.79 Å². The van der Waals surface area contributed by atoms with Crippen LogP contribution in [0.25, 0.3) is 0 Å². The first-order chi connectivity index (χ1) is 12.2. The van der Waals surface area contributed by atoms with Gasteiger partial charge in [0.05, 0.1) is 19.7 Å². The predicted molar refractivity (Wildman–Crippen MR) is 114 cm³/mol. The second-order valence-electron chi connectivity index (χ2n) is 3.98. The van der Waals surface area contributed by atoms with Gasteiger partial charge >= 0.3 is 24.3 Å². The van der Waals surface area contributed by atoms with E-state index in [2.05, 4.69) is 53.5 Å². The van der Waals surface area contributed by atoms with Gasteiger partial charge in [-0.15, -0.1) is 0 Å². The van der Waals surface area contributed by atoms with Gasteiger partial charge < -0.3 is 8.42 Å². The van der Waals surface area contributed by atoms with Gasteiger partial charge in [-0.25, -0.2) is 8.37 Å². The average molecular weight is 919 g/mol. The van der Waals surface area contributed by atoms with Gasteiger partial charge in [0.25, 0.3) is 30.4 Å². The standard InChI is InChI=1S/C4H8O6S2.C3H7O5S2.CH2I2.CH4.2Ag.O/c5-11(6)2-1-3-12(7,8)10-4-9-11;4-9(5)2-1-3-10(6,7)8;2-1-3;;;;/h1-4H2;1-3H2,(H,6,7,8);1H2;1H4;;;/q;-1;;;;;. The molecule has 20 heteroatoms. The van der Waals surface area contributed by atoms with Crippen LogP contribution < -0.4 is 0 Å². The van der Waals surface area contributed by atoms with Crippen LogP contribution >= 0.6 is 45.2 Å². The van der Waals surface area contributed by atoms with Gasteiger partial charge in [-0.05, 0) is 6.42 Å². The Bertz CT molecular complexity index is 703. The van der Waals surface area contributed by atoms with Crippen LogP contribution in [0.3, 0.4) is 0 Å². The molecule has 0 amide bonds. The van der Waals surface area contributed by atoms with Crippen molar-refractivity contribution in [2.45, 2.75) is 20.3 Å². The number of halogens is 2. The molecule has 0 aliphatic carbocycles. The molecule has 0 bridgehead atoms. The molecule has 0 atom stereocenters. The summed E-state index contributed by atoms with van der Waals surface area (Å²) in [4.78, 5) is 0. The zero-order valence-electron chi connectivity index (χ0n) is 13.6. The summed E-state index contributed by atoms with van der Waals surface area (Å²) in [7, 11) is -13.4. The Morgan fingerprint density at radius 1 is 1.00 bits per heavy atom. The normalized spacial score (nSPS) is 16.9. The van der Waals surface area contributed by atoms with Gasteiger partial charge in [-0.2, -0.15) is 25.3 Å². The summed E-state index contributed by atoms with van der Waals surface area (Å²) in [6.45, 7) is -0.745. The van der Waals surface area contributed by atoms with Crippen molar-refractivity contribution in [2.75, 3.05) is 32.2 Å². The number of hydrogen-bond donors (Lipinski definition) is 1. The van der Waals surface area contributed by atoms with Crippen LogP contribution in [0, 0.1) is 0 Å². The van der Waals surface area contributed by atoms with Crippen molar-refractivity contribution >= 4 is 86.2 Å². The molecule has 1 aliphatic heterocycles. The van der Waals surface area contributed by atoms with E-state index in [9.17, 15) is 33.7 Å². The van der Waals surface area contributed by atoms with Crippen molar-refractivity contribution in [1.82, 2.24) is 0 Å². The fourth-order valence-electron chi connectivity index (χ4n) is 1.06. The van der Waals surface area contributed by atoms with Gasteiger partial charge in [0.1, 0.15) is 0 Å². The van der Waals surface area contributed by atoms with Crippen molar-refractivity contribution in [1.29, 1.82) is 0 Å². The maximum atomic E-state index is 10.7. The van der Waals surface area contributed by atoms with Crippen LogP contribution in [0.5, 0.6) is 0 Å². The van der Waals surface area contributed by atoms with Crippen LogP contribution in [0.1, 0.15) is 20.3 Å².